The molecule has 5 aromatic rings. The van der Waals surface area contributed by atoms with E-state index < -0.39 is 0 Å². The third kappa shape index (κ3) is 5.55. The molecule has 1 aliphatic rings. The van der Waals surface area contributed by atoms with E-state index in [0.29, 0.717) is 24.9 Å². The highest BCUT2D eigenvalue weighted by atomic mass is 32.2. The maximum atomic E-state index is 6.80. The monoisotopic (exact) mass is 566 g/mol. The van der Waals surface area contributed by atoms with Gasteiger partial charge >= 0.3 is 0 Å². The van der Waals surface area contributed by atoms with Crippen LogP contribution in [0.4, 0.5) is 5.95 Å². The number of thioether (sulfide) groups is 2. The summed E-state index contributed by atoms with van der Waals surface area (Å²) in [5.41, 5.74) is 13.8. The van der Waals surface area contributed by atoms with Gasteiger partial charge in [0, 0.05) is 32.8 Å². The fourth-order valence-corrected chi connectivity index (χ4v) is 7.17. The maximum absolute atomic E-state index is 6.80. The smallest absolute Gasteiger partial charge is 0.202 e. The van der Waals surface area contributed by atoms with Gasteiger partial charge in [0.1, 0.15) is 17.9 Å². The number of nitrogen functional groups attached to an aromatic ring is 1. The van der Waals surface area contributed by atoms with Gasteiger partial charge in [0.2, 0.25) is 5.95 Å². The van der Waals surface area contributed by atoms with Crippen molar-refractivity contribution in [3.63, 3.8) is 0 Å². The van der Waals surface area contributed by atoms with E-state index in [4.69, 9.17) is 20.2 Å². The van der Waals surface area contributed by atoms with Crippen LogP contribution in [0, 0.1) is 20.8 Å². The molecule has 6 rings (SSSR count). The number of aromatic nitrogens is 3. The Labute approximate surface area is 243 Å². The van der Waals surface area contributed by atoms with Crippen LogP contribution in [0.2, 0.25) is 0 Å². The number of hydrogen-bond donors (Lipinski definition) is 1. The lowest BCUT2D eigenvalue weighted by atomic mass is 10.0. The Morgan fingerprint density at radius 3 is 2.00 bits per heavy atom. The van der Waals surface area contributed by atoms with Gasteiger partial charge in [-0.15, -0.1) is 0 Å². The Bertz CT molecular complexity index is 1600. The summed E-state index contributed by atoms with van der Waals surface area (Å²) < 4.78 is 13.7. The summed E-state index contributed by atoms with van der Waals surface area (Å²) in [6.45, 7) is 7.26. The first-order chi connectivity index (χ1) is 19.4. The van der Waals surface area contributed by atoms with Gasteiger partial charge in [-0.1, -0.05) is 58.9 Å². The molecule has 202 valence electrons. The van der Waals surface area contributed by atoms with Gasteiger partial charge in [-0.3, -0.25) is 9.55 Å². The molecule has 6 nitrogen and oxygen atoms in total. The van der Waals surface area contributed by atoms with E-state index in [1.165, 1.54) is 11.1 Å². The molecule has 0 unspecified atom stereocenters. The van der Waals surface area contributed by atoms with Crippen LogP contribution in [-0.4, -0.2) is 27.7 Å². The Kier molecular flexibility index (Phi) is 7.45. The lowest BCUT2D eigenvalue weighted by molar-refractivity contribution is 0.171. The van der Waals surface area contributed by atoms with Crippen molar-refractivity contribution in [3.05, 3.63) is 102 Å². The fraction of sp³-hybridized carbons (Fsp3) is 0.188. The van der Waals surface area contributed by atoms with E-state index in [1.807, 2.05) is 37.4 Å². The quantitative estimate of drug-likeness (QED) is 0.158. The summed E-state index contributed by atoms with van der Waals surface area (Å²) in [4.78, 5) is 11.7. The van der Waals surface area contributed by atoms with E-state index in [1.54, 1.807) is 23.5 Å². The van der Waals surface area contributed by atoms with Gasteiger partial charge in [0.25, 0.3) is 0 Å². The molecule has 1 aliphatic heterocycles. The highest BCUT2D eigenvalue weighted by Crippen LogP contribution is 2.49. The third-order valence-electron chi connectivity index (χ3n) is 6.65. The van der Waals surface area contributed by atoms with E-state index >= 15 is 0 Å². The summed E-state index contributed by atoms with van der Waals surface area (Å²) in [5, 5.41) is 0. The molecule has 8 heteroatoms. The highest BCUT2D eigenvalue weighted by molar-refractivity contribution is 8.16. The van der Waals surface area contributed by atoms with Gasteiger partial charge in [-0.25, -0.2) is 4.98 Å². The number of benzene rings is 3. The van der Waals surface area contributed by atoms with Crippen molar-refractivity contribution in [1.29, 1.82) is 0 Å². The molecule has 40 heavy (non-hydrogen) atoms. The number of rotatable bonds is 7. The van der Waals surface area contributed by atoms with Gasteiger partial charge in [-0.2, -0.15) is 0 Å². The second-order valence-corrected chi connectivity index (χ2v) is 12.4. The molecule has 0 atom stereocenters. The van der Waals surface area contributed by atoms with Crippen molar-refractivity contribution < 1.29 is 9.47 Å². The first kappa shape index (κ1) is 26.3. The third-order valence-corrected chi connectivity index (χ3v) is 9.14. The first-order valence-electron chi connectivity index (χ1n) is 13.1. The second kappa shape index (κ2) is 11.3. The van der Waals surface area contributed by atoms with Crippen LogP contribution in [0.1, 0.15) is 21.5 Å². The number of nitrogens with zero attached hydrogens (tertiary/aromatic N) is 3. The lowest BCUT2D eigenvalue weighted by Gasteiger charge is -2.23. The summed E-state index contributed by atoms with van der Waals surface area (Å²) in [5.74, 6) is 1.90. The van der Waals surface area contributed by atoms with Crippen molar-refractivity contribution in [2.75, 3.05) is 18.9 Å². The Morgan fingerprint density at radius 1 is 0.750 bits per heavy atom. The molecule has 3 heterocycles. The highest BCUT2D eigenvalue weighted by Gasteiger charge is 2.27. The van der Waals surface area contributed by atoms with Crippen molar-refractivity contribution >= 4 is 29.5 Å². The molecular weight excluding hydrogens is 537 g/mol. The van der Waals surface area contributed by atoms with Crippen LogP contribution in [0.25, 0.3) is 22.5 Å². The molecule has 0 spiro atoms. The van der Waals surface area contributed by atoms with Gasteiger partial charge in [0.05, 0.1) is 11.4 Å². The predicted molar refractivity (Wildman–Crippen MR) is 164 cm³/mol. The SMILES string of the molecule is Cc1ccc(SC(Sc2ccc(C)cc2)n2c(N)nc(-c3ccc4c(c3)OCCO4)c2-c2ccnc(C)c2)cc1. The maximum Gasteiger partial charge on any atom is 0.202 e. The molecule has 2 aromatic heterocycles. The largest absolute Gasteiger partial charge is 0.486 e. The van der Waals surface area contributed by atoms with Crippen LogP contribution < -0.4 is 15.2 Å². The minimum Gasteiger partial charge on any atom is -0.486 e. The Balaban J connectivity index is 1.53. The second-order valence-electron chi connectivity index (χ2n) is 9.75. The number of imidazole rings is 1. The molecule has 0 amide bonds. The minimum atomic E-state index is -0.132. The molecular formula is C32H30N4O2S2. The minimum absolute atomic E-state index is 0.132. The topological polar surface area (TPSA) is 75.2 Å². The lowest BCUT2D eigenvalue weighted by Crippen LogP contribution is -2.15. The molecule has 0 fully saturated rings. The van der Waals surface area contributed by atoms with Crippen LogP contribution in [0.15, 0.2) is 94.9 Å². The van der Waals surface area contributed by atoms with Crippen LogP contribution in [0.5, 0.6) is 11.5 Å². The molecule has 3 aromatic carbocycles. The Hall–Kier alpha value is -3.88. The standard InChI is InChI=1S/C32H30N4O2S2/c1-20-4-9-25(10-5-20)39-32(40-26-11-6-21(2)7-12-26)36-30(24-14-15-34-22(3)18-24)29(35-31(36)33)23-8-13-27-28(19-23)38-17-16-37-27/h4-15,18-19,32H,16-17H2,1-3H3,(H2,33,35). The van der Waals surface area contributed by atoms with Crippen molar-refractivity contribution in [1.82, 2.24) is 14.5 Å². The Morgan fingerprint density at radius 2 is 1.38 bits per heavy atom. The summed E-state index contributed by atoms with van der Waals surface area (Å²) in [6, 6.07) is 27.3. The molecule has 0 saturated heterocycles. The number of pyridine rings is 1. The fourth-order valence-electron chi connectivity index (χ4n) is 4.62. The zero-order chi connectivity index (χ0) is 27.6. The summed E-state index contributed by atoms with van der Waals surface area (Å²) in [6.07, 6.45) is 1.83. The number of fused-ring (bicyclic) bond motifs is 1. The van der Waals surface area contributed by atoms with E-state index in [9.17, 15) is 0 Å². The van der Waals surface area contributed by atoms with Gasteiger partial charge in [0.15, 0.2) is 11.5 Å². The van der Waals surface area contributed by atoms with Crippen molar-refractivity contribution in [2.24, 2.45) is 0 Å². The summed E-state index contributed by atoms with van der Waals surface area (Å²) >= 11 is 3.51. The van der Waals surface area contributed by atoms with Crippen LogP contribution in [-0.2, 0) is 0 Å². The van der Waals surface area contributed by atoms with Crippen LogP contribution in [0.3, 0.4) is 0 Å². The average Bonchev–Trinajstić information content (AvgIpc) is 3.31. The normalized spacial score (nSPS) is 12.6. The molecule has 0 bridgehead atoms. The average molecular weight is 567 g/mol. The van der Waals surface area contributed by atoms with E-state index in [2.05, 4.69) is 78.0 Å². The zero-order valence-electron chi connectivity index (χ0n) is 22.6. The predicted octanol–water partition coefficient (Wildman–Crippen LogP) is 7.93. The van der Waals surface area contributed by atoms with Crippen molar-refractivity contribution in [3.8, 4) is 34.0 Å². The number of aryl methyl sites for hydroxylation is 3. The zero-order valence-corrected chi connectivity index (χ0v) is 24.3. The molecule has 0 aliphatic carbocycles. The number of anilines is 1. The number of ether oxygens (including phenoxy) is 2. The van der Waals surface area contributed by atoms with Gasteiger partial charge in [-0.05, 0) is 75.4 Å². The van der Waals surface area contributed by atoms with Crippen LogP contribution >= 0.6 is 23.5 Å². The molecule has 0 saturated carbocycles. The first-order valence-corrected chi connectivity index (χ1v) is 14.9. The van der Waals surface area contributed by atoms with E-state index in [-0.39, 0.29) is 4.71 Å². The molecule has 2 N–H and O–H groups in total. The molecule has 0 radical (unpaired) electrons. The van der Waals surface area contributed by atoms with E-state index in [0.717, 1.165) is 43.7 Å². The summed E-state index contributed by atoms with van der Waals surface area (Å²) in [7, 11) is 0. The number of nitrogens with two attached hydrogens (primary N) is 1. The van der Waals surface area contributed by atoms with Crippen molar-refractivity contribution in [2.45, 2.75) is 35.3 Å². The van der Waals surface area contributed by atoms with Gasteiger partial charge < -0.3 is 15.2 Å². The number of hydrogen-bond acceptors (Lipinski definition) is 7.